The van der Waals surface area contributed by atoms with E-state index in [-0.39, 0.29) is 11.7 Å². The van der Waals surface area contributed by atoms with Gasteiger partial charge in [0.2, 0.25) is 0 Å². The highest BCUT2D eigenvalue weighted by atomic mass is 16.1. The molecule has 0 aromatic rings. The summed E-state index contributed by atoms with van der Waals surface area (Å²) < 4.78 is 0. The average molecular weight is 109 g/mol. The maximum atomic E-state index is 10.4. The van der Waals surface area contributed by atoms with E-state index in [4.69, 9.17) is 5.41 Å². The van der Waals surface area contributed by atoms with Gasteiger partial charge in [0.25, 0.3) is 0 Å². The summed E-state index contributed by atoms with van der Waals surface area (Å²) >= 11 is 0. The predicted molar refractivity (Wildman–Crippen MR) is 31.0 cm³/mol. The Kier molecular flexibility index (Phi) is 1.24. The minimum Gasteiger partial charge on any atom is -0.312 e. The second kappa shape index (κ2) is 1.90. The summed E-state index contributed by atoms with van der Waals surface area (Å²) in [5, 5.41) is 6.76. The fraction of sp³-hybridized carbons (Fsp3) is 0.333. The highest BCUT2D eigenvalue weighted by Crippen LogP contribution is 2.10. The second-order valence-electron chi connectivity index (χ2n) is 1.86. The van der Waals surface area contributed by atoms with Crippen LogP contribution in [0.2, 0.25) is 0 Å². The zero-order chi connectivity index (χ0) is 5.98. The molecule has 0 fully saturated rings. The van der Waals surface area contributed by atoms with Gasteiger partial charge in [0, 0.05) is 18.6 Å². The second-order valence-corrected chi connectivity index (χ2v) is 1.86. The average Bonchev–Trinajstić information content (AvgIpc) is 2.14. The Morgan fingerprint density at radius 1 is 1.88 bits per heavy atom. The summed E-state index contributed by atoms with van der Waals surface area (Å²) in [6.07, 6.45) is 5.09. The van der Waals surface area contributed by atoms with Crippen LogP contribution in [0, 0.1) is 11.3 Å². The monoisotopic (exact) mass is 109 g/mol. The van der Waals surface area contributed by atoms with Crippen LogP contribution in [0.3, 0.4) is 0 Å². The van der Waals surface area contributed by atoms with E-state index < -0.39 is 0 Å². The van der Waals surface area contributed by atoms with E-state index in [1.807, 2.05) is 0 Å². The van der Waals surface area contributed by atoms with Crippen molar-refractivity contribution in [2.75, 3.05) is 0 Å². The number of carbonyl (C=O) groups excluding carboxylic acids is 1. The molecule has 0 saturated carbocycles. The largest absolute Gasteiger partial charge is 0.312 e. The Bertz CT molecular complexity index is 149. The van der Waals surface area contributed by atoms with Gasteiger partial charge in [-0.25, -0.2) is 0 Å². The van der Waals surface area contributed by atoms with Crippen LogP contribution in [-0.2, 0) is 4.79 Å². The first-order valence-electron chi connectivity index (χ1n) is 2.54. The van der Waals surface area contributed by atoms with Crippen LogP contribution < -0.4 is 0 Å². The van der Waals surface area contributed by atoms with Gasteiger partial charge < -0.3 is 5.41 Å². The molecule has 1 atom stereocenters. The summed E-state index contributed by atoms with van der Waals surface area (Å²) in [4.78, 5) is 10.4. The molecule has 1 rings (SSSR count). The molecule has 0 spiro atoms. The minimum atomic E-state index is 0.0856. The lowest BCUT2D eigenvalue weighted by atomic mass is 10.1. The first-order chi connectivity index (χ1) is 3.83. The summed E-state index contributed by atoms with van der Waals surface area (Å²) in [6, 6.07) is 0. The molecule has 0 amide bonds. The third-order valence-electron chi connectivity index (χ3n) is 1.18. The van der Waals surface area contributed by atoms with Crippen LogP contribution >= 0.6 is 0 Å². The van der Waals surface area contributed by atoms with Gasteiger partial charge in [0.15, 0.2) is 5.78 Å². The summed E-state index contributed by atoms with van der Waals surface area (Å²) in [5.74, 6) is 0.223. The van der Waals surface area contributed by atoms with Gasteiger partial charge in [0.05, 0.1) is 0 Å². The van der Waals surface area contributed by atoms with Crippen LogP contribution in [0.15, 0.2) is 12.2 Å². The summed E-state index contributed by atoms with van der Waals surface area (Å²) in [5.41, 5.74) is 0. The van der Waals surface area contributed by atoms with Gasteiger partial charge in [-0.1, -0.05) is 6.08 Å². The lowest BCUT2D eigenvalue weighted by Gasteiger charge is -1.90. The molecular weight excluding hydrogens is 102 g/mol. The van der Waals surface area contributed by atoms with Crippen LogP contribution in [0.5, 0.6) is 0 Å². The third-order valence-corrected chi connectivity index (χ3v) is 1.18. The van der Waals surface area contributed by atoms with E-state index in [1.165, 1.54) is 12.3 Å². The van der Waals surface area contributed by atoms with Crippen molar-refractivity contribution in [2.24, 2.45) is 5.92 Å². The van der Waals surface area contributed by atoms with Crippen molar-refractivity contribution in [2.45, 2.75) is 6.42 Å². The number of carbonyl (C=O) groups is 1. The fourth-order valence-corrected chi connectivity index (χ4v) is 0.714. The third kappa shape index (κ3) is 0.832. The Morgan fingerprint density at radius 2 is 2.62 bits per heavy atom. The van der Waals surface area contributed by atoms with E-state index in [1.54, 1.807) is 6.08 Å². The van der Waals surface area contributed by atoms with Crippen LogP contribution in [0.25, 0.3) is 0 Å². The molecule has 42 valence electrons. The maximum Gasteiger partial charge on any atom is 0.156 e. The topological polar surface area (TPSA) is 40.9 Å². The molecule has 0 aliphatic heterocycles. The Morgan fingerprint density at radius 3 is 2.88 bits per heavy atom. The molecular formula is C6H7NO. The van der Waals surface area contributed by atoms with Crippen molar-refractivity contribution >= 4 is 12.0 Å². The molecule has 1 unspecified atom stereocenters. The van der Waals surface area contributed by atoms with Gasteiger partial charge >= 0.3 is 0 Å². The SMILES string of the molecule is N=CC1C=CC(=O)C1. The smallest absolute Gasteiger partial charge is 0.156 e. The quantitative estimate of drug-likeness (QED) is 0.497. The molecule has 2 nitrogen and oxygen atoms in total. The highest BCUT2D eigenvalue weighted by Gasteiger charge is 2.11. The first-order valence-corrected chi connectivity index (χ1v) is 2.54. The normalized spacial score (nSPS) is 26.5. The van der Waals surface area contributed by atoms with Gasteiger partial charge in [-0.15, -0.1) is 0 Å². The molecule has 1 aliphatic carbocycles. The van der Waals surface area contributed by atoms with Gasteiger partial charge in [-0.05, 0) is 6.08 Å². The van der Waals surface area contributed by atoms with Gasteiger partial charge in [-0.3, -0.25) is 4.79 Å². The van der Waals surface area contributed by atoms with Gasteiger partial charge in [0.1, 0.15) is 0 Å². The lowest BCUT2D eigenvalue weighted by molar-refractivity contribution is -0.114. The van der Waals surface area contributed by atoms with E-state index in [2.05, 4.69) is 0 Å². The van der Waals surface area contributed by atoms with E-state index in [0.717, 1.165) is 0 Å². The van der Waals surface area contributed by atoms with Crippen molar-refractivity contribution in [3.8, 4) is 0 Å². The number of allylic oxidation sites excluding steroid dienone is 2. The molecule has 0 saturated heterocycles. The number of rotatable bonds is 1. The van der Waals surface area contributed by atoms with Gasteiger partial charge in [-0.2, -0.15) is 0 Å². The summed E-state index contributed by atoms with van der Waals surface area (Å²) in [6.45, 7) is 0. The Labute approximate surface area is 47.7 Å². The van der Waals surface area contributed by atoms with E-state index in [9.17, 15) is 4.79 Å². The molecule has 0 bridgehead atoms. The number of hydrogen-bond acceptors (Lipinski definition) is 2. The highest BCUT2D eigenvalue weighted by molar-refractivity contribution is 5.95. The molecule has 1 N–H and O–H groups in total. The van der Waals surface area contributed by atoms with Crippen LogP contribution in [-0.4, -0.2) is 12.0 Å². The molecule has 1 aliphatic rings. The molecule has 2 heteroatoms. The lowest BCUT2D eigenvalue weighted by Crippen LogP contribution is -1.95. The van der Waals surface area contributed by atoms with Crippen molar-refractivity contribution in [3.05, 3.63) is 12.2 Å². The molecule has 0 heterocycles. The molecule has 0 radical (unpaired) electrons. The maximum absolute atomic E-state index is 10.4. The molecule has 0 aromatic heterocycles. The fourth-order valence-electron chi connectivity index (χ4n) is 0.714. The Balaban J connectivity index is 2.58. The summed E-state index contributed by atoms with van der Waals surface area (Å²) in [7, 11) is 0. The molecule has 8 heavy (non-hydrogen) atoms. The number of nitrogens with one attached hydrogen (secondary N) is 1. The van der Waals surface area contributed by atoms with Crippen LogP contribution in [0.4, 0.5) is 0 Å². The predicted octanol–water partition coefficient (Wildman–Crippen LogP) is 0.781. The van der Waals surface area contributed by atoms with E-state index >= 15 is 0 Å². The zero-order valence-corrected chi connectivity index (χ0v) is 4.42. The minimum absolute atomic E-state index is 0.0856. The van der Waals surface area contributed by atoms with E-state index in [0.29, 0.717) is 6.42 Å². The van der Waals surface area contributed by atoms with Crippen molar-refractivity contribution in [1.82, 2.24) is 0 Å². The molecule has 0 aromatic carbocycles. The van der Waals surface area contributed by atoms with Crippen molar-refractivity contribution in [1.29, 1.82) is 5.41 Å². The zero-order valence-electron chi connectivity index (χ0n) is 4.42. The number of hydrogen-bond donors (Lipinski definition) is 1. The first kappa shape index (κ1) is 5.22. The Hall–Kier alpha value is -0.920. The van der Waals surface area contributed by atoms with Crippen molar-refractivity contribution < 1.29 is 4.79 Å². The standard InChI is InChI=1S/C6H7NO/c7-4-5-1-2-6(8)3-5/h1-2,4-5,7H,3H2. The number of ketones is 1. The van der Waals surface area contributed by atoms with Crippen molar-refractivity contribution in [3.63, 3.8) is 0 Å². The van der Waals surface area contributed by atoms with Crippen LogP contribution in [0.1, 0.15) is 6.42 Å².